The molecule has 1 fully saturated rings. The van der Waals surface area contributed by atoms with Gasteiger partial charge in [0, 0.05) is 23.2 Å². The maximum Gasteiger partial charge on any atom is 0.243 e. The Morgan fingerprint density at radius 3 is 2.53 bits per heavy atom. The summed E-state index contributed by atoms with van der Waals surface area (Å²) >= 11 is 3.29. The zero-order chi connectivity index (χ0) is 12.8. The van der Waals surface area contributed by atoms with Gasteiger partial charge < -0.3 is 5.73 Å². The van der Waals surface area contributed by atoms with Gasteiger partial charge in [0.2, 0.25) is 10.0 Å². The third kappa shape index (κ3) is 2.34. The number of rotatable bonds is 3. The summed E-state index contributed by atoms with van der Waals surface area (Å²) in [6, 6.07) is 3.42. The Bertz CT molecular complexity index is 553. The van der Waals surface area contributed by atoms with Crippen molar-refractivity contribution < 1.29 is 8.42 Å². The summed E-state index contributed by atoms with van der Waals surface area (Å²) in [6.45, 7) is 1.78. The van der Waals surface area contributed by atoms with E-state index in [9.17, 15) is 8.42 Å². The van der Waals surface area contributed by atoms with E-state index in [1.54, 1.807) is 20.0 Å². The zero-order valence-electron chi connectivity index (χ0n) is 9.77. The van der Waals surface area contributed by atoms with Gasteiger partial charge >= 0.3 is 0 Å². The van der Waals surface area contributed by atoms with Gasteiger partial charge in [-0.05, 0) is 53.4 Å². The molecule has 4 nitrogen and oxygen atoms in total. The van der Waals surface area contributed by atoms with E-state index in [0.717, 1.165) is 17.3 Å². The summed E-state index contributed by atoms with van der Waals surface area (Å²) in [4.78, 5) is 0.299. The molecule has 0 aliphatic heterocycles. The highest BCUT2D eigenvalue weighted by Crippen LogP contribution is 2.33. The van der Waals surface area contributed by atoms with E-state index >= 15 is 0 Å². The molecule has 0 aromatic heterocycles. The Kier molecular flexibility index (Phi) is 3.22. The highest BCUT2D eigenvalue weighted by molar-refractivity contribution is 9.10. The van der Waals surface area contributed by atoms with Crippen LogP contribution in [-0.4, -0.2) is 25.8 Å². The Morgan fingerprint density at radius 2 is 2.00 bits per heavy atom. The average Bonchev–Trinajstić information content (AvgIpc) is 3.05. The molecule has 0 spiro atoms. The molecule has 1 aliphatic rings. The Balaban J connectivity index is 2.49. The quantitative estimate of drug-likeness (QED) is 0.868. The summed E-state index contributed by atoms with van der Waals surface area (Å²) < 4.78 is 26.9. The summed E-state index contributed by atoms with van der Waals surface area (Å²) in [7, 11) is -1.78. The number of sulfonamides is 1. The lowest BCUT2D eigenvalue weighted by Crippen LogP contribution is -2.29. The number of nitrogens with two attached hydrogens (primary N) is 1. The van der Waals surface area contributed by atoms with Gasteiger partial charge in [0.05, 0.1) is 4.90 Å². The maximum absolute atomic E-state index is 12.4. The molecule has 1 aliphatic carbocycles. The molecule has 0 bridgehead atoms. The van der Waals surface area contributed by atoms with Crippen molar-refractivity contribution in [3.8, 4) is 0 Å². The normalized spacial score (nSPS) is 16.5. The van der Waals surface area contributed by atoms with Gasteiger partial charge in [-0.25, -0.2) is 8.42 Å². The second-order valence-corrected chi connectivity index (χ2v) is 7.21. The molecule has 0 atom stereocenters. The van der Waals surface area contributed by atoms with E-state index in [-0.39, 0.29) is 6.04 Å². The van der Waals surface area contributed by atoms with Crippen molar-refractivity contribution in [1.82, 2.24) is 4.31 Å². The number of anilines is 1. The molecule has 0 amide bonds. The van der Waals surface area contributed by atoms with Gasteiger partial charge in [0.15, 0.2) is 0 Å². The number of nitrogens with zero attached hydrogens (tertiary/aromatic N) is 1. The van der Waals surface area contributed by atoms with Crippen LogP contribution >= 0.6 is 15.9 Å². The summed E-state index contributed by atoms with van der Waals surface area (Å²) in [5, 5.41) is 0. The largest absolute Gasteiger partial charge is 0.398 e. The molecular weight excluding hydrogens is 304 g/mol. The van der Waals surface area contributed by atoms with Crippen molar-refractivity contribution in [2.75, 3.05) is 12.8 Å². The molecule has 17 heavy (non-hydrogen) atoms. The SMILES string of the molecule is Cc1cc(Br)c(N)cc1S(=O)(=O)N(C)C1CC1. The molecular formula is C11H15BrN2O2S. The first-order valence-corrected chi connectivity index (χ1v) is 7.61. The monoisotopic (exact) mass is 318 g/mol. The van der Waals surface area contributed by atoms with E-state index in [4.69, 9.17) is 5.73 Å². The molecule has 0 unspecified atom stereocenters. The van der Waals surface area contributed by atoms with Crippen LogP contribution < -0.4 is 5.73 Å². The predicted octanol–water partition coefficient (Wildman–Crippen LogP) is 2.12. The molecule has 2 rings (SSSR count). The minimum Gasteiger partial charge on any atom is -0.398 e. The van der Waals surface area contributed by atoms with Crippen LogP contribution in [0.25, 0.3) is 0 Å². The van der Waals surface area contributed by atoms with Gasteiger partial charge in [0.25, 0.3) is 0 Å². The fraction of sp³-hybridized carbons (Fsp3) is 0.455. The van der Waals surface area contributed by atoms with Gasteiger partial charge in [-0.3, -0.25) is 0 Å². The summed E-state index contributed by atoms with van der Waals surface area (Å²) in [5.41, 5.74) is 6.90. The molecule has 0 heterocycles. The van der Waals surface area contributed by atoms with Crippen LogP contribution in [0.15, 0.2) is 21.5 Å². The first-order valence-electron chi connectivity index (χ1n) is 5.37. The van der Waals surface area contributed by atoms with Gasteiger partial charge in [-0.2, -0.15) is 4.31 Å². The van der Waals surface area contributed by atoms with Gasteiger partial charge in [-0.1, -0.05) is 0 Å². The Labute approximate surface area is 110 Å². The third-order valence-corrected chi connectivity index (χ3v) is 5.75. The van der Waals surface area contributed by atoms with Crippen LogP contribution in [0.5, 0.6) is 0 Å². The number of hydrogen-bond donors (Lipinski definition) is 1. The van der Waals surface area contributed by atoms with Crippen molar-refractivity contribution in [2.24, 2.45) is 0 Å². The van der Waals surface area contributed by atoms with Crippen LogP contribution in [0.1, 0.15) is 18.4 Å². The number of aryl methyl sites for hydroxylation is 1. The molecule has 1 saturated carbocycles. The first-order chi connectivity index (χ1) is 7.84. The van der Waals surface area contributed by atoms with Gasteiger partial charge in [-0.15, -0.1) is 0 Å². The maximum atomic E-state index is 12.4. The minimum atomic E-state index is -3.41. The van der Waals surface area contributed by atoms with Crippen molar-refractivity contribution in [3.05, 3.63) is 22.2 Å². The van der Waals surface area contributed by atoms with Crippen LogP contribution in [0.3, 0.4) is 0 Å². The lowest BCUT2D eigenvalue weighted by Gasteiger charge is -2.18. The van der Waals surface area contributed by atoms with Crippen molar-refractivity contribution in [1.29, 1.82) is 0 Å². The van der Waals surface area contributed by atoms with Crippen LogP contribution in [0.2, 0.25) is 0 Å². The average molecular weight is 319 g/mol. The van der Waals surface area contributed by atoms with Crippen LogP contribution in [-0.2, 0) is 10.0 Å². The second kappa shape index (κ2) is 4.26. The highest BCUT2D eigenvalue weighted by Gasteiger charge is 2.35. The van der Waals surface area contributed by atoms with E-state index in [1.807, 2.05) is 0 Å². The van der Waals surface area contributed by atoms with Gasteiger partial charge in [0.1, 0.15) is 0 Å². The number of halogens is 1. The van der Waals surface area contributed by atoms with Crippen molar-refractivity contribution in [3.63, 3.8) is 0 Å². The fourth-order valence-corrected chi connectivity index (χ4v) is 3.85. The van der Waals surface area contributed by atoms with E-state index in [1.165, 1.54) is 10.4 Å². The lowest BCUT2D eigenvalue weighted by molar-refractivity contribution is 0.464. The highest BCUT2D eigenvalue weighted by atomic mass is 79.9. The standard InChI is InChI=1S/C11H15BrN2O2S/c1-7-5-9(12)10(13)6-11(7)17(15,16)14(2)8-3-4-8/h5-6,8H,3-4,13H2,1-2H3. The van der Waals surface area contributed by atoms with E-state index in [0.29, 0.717) is 16.1 Å². The topological polar surface area (TPSA) is 63.4 Å². The Morgan fingerprint density at radius 1 is 1.41 bits per heavy atom. The van der Waals surface area contributed by atoms with Crippen LogP contribution in [0.4, 0.5) is 5.69 Å². The predicted molar refractivity (Wildman–Crippen MR) is 71.3 cm³/mol. The molecule has 0 saturated heterocycles. The third-order valence-electron chi connectivity index (χ3n) is 3.01. The van der Waals surface area contributed by atoms with Crippen molar-refractivity contribution >= 4 is 31.6 Å². The molecule has 2 N–H and O–H groups in total. The first kappa shape index (κ1) is 12.9. The lowest BCUT2D eigenvalue weighted by atomic mass is 10.2. The van der Waals surface area contributed by atoms with E-state index in [2.05, 4.69) is 15.9 Å². The molecule has 1 aromatic rings. The fourth-order valence-electron chi connectivity index (χ4n) is 1.74. The van der Waals surface area contributed by atoms with Crippen LogP contribution in [0, 0.1) is 6.92 Å². The molecule has 0 radical (unpaired) electrons. The smallest absolute Gasteiger partial charge is 0.243 e. The molecule has 94 valence electrons. The summed E-state index contributed by atoms with van der Waals surface area (Å²) in [6.07, 6.45) is 1.89. The number of benzene rings is 1. The molecule has 1 aromatic carbocycles. The zero-order valence-corrected chi connectivity index (χ0v) is 12.2. The molecule has 6 heteroatoms. The Hall–Kier alpha value is -0.590. The van der Waals surface area contributed by atoms with Crippen molar-refractivity contribution in [2.45, 2.75) is 30.7 Å². The summed E-state index contributed by atoms with van der Waals surface area (Å²) in [5.74, 6) is 0. The minimum absolute atomic E-state index is 0.157. The number of hydrogen-bond acceptors (Lipinski definition) is 3. The van der Waals surface area contributed by atoms with E-state index < -0.39 is 10.0 Å². The second-order valence-electron chi connectivity index (χ2n) is 4.39. The number of nitrogen functional groups attached to an aromatic ring is 1.